The molecule has 0 aromatic rings. The molecule has 1 N–H and O–H groups in total. The minimum absolute atomic E-state index is 0.0606. The van der Waals surface area contributed by atoms with Crippen molar-refractivity contribution in [3.8, 4) is 0 Å². The summed E-state index contributed by atoms with van der Waals surface area (Å²) >= 11 is 0. The van der Waals surface area contributed by atoms with Gasteiger partial charge in [0.1, 0.15) is 0 Å². The van der Waals surface area contributed by atoms with Crippen molar-refractivity contribution < 1.29 is 19.4 Å². The molecule has 2 rings (SSSR count). The van der Waals surface area contributed by atoms with Crippen LogP contribution in [0.15, 0.2) is 0 Å². The lowest BCUT2D eigenvalue weighted by Crippen LogP contribution is -2.55. The van der Waals surface area contributed by atoms with Gasteiger partial charge in [-0.25, -0.2) is 4.79 Å². The van der Waals surface area contributed by atoms with E-state index in [-0.39, 0.29) is 18.1 Å². The zero-order chi connectivity index (χ0) is 14.9. The van der Waals surface area contributed by atoms with Gasteiger partial charge in [0.05, 0.1) is 12.2 Å². The van der Waals surface area contributed by atoms with Gasteiger partial charge in [0.25, 0.3) is 0 Å². The summed E-state index contributed by atoms with van der Waals surface area (Å²) in [5.74, 6) is 0.143. The summed E-state index contributed by atoms with van der Waals surface area (Å²) in [6.07, 6.45) is 0.417. The van der Waals surface area contributed by atoms with Gasteiger partial charge in [-0.1, -0.05) is 6.92 Å². The summed E-state index contributed by atoms with van der Waals surface area (Å²) in [5, 5.41) is 8.98. The van der Waals surface area contributed by atoms with Crippen LogP contribution in [0.3, 0.4) is 0 Å². The molecule has 2 fully saturated rings. The summed E-state index contributed by atoms with van der Waals surface area (Å²) in [6.45, 7) is 8.04. The fourth-order valence-electron chi connectivity index (χ4n) is 3.13. The van der Waals surface area contributed by atoms with Crippen LogP contribution in [0.25, 0.3) is 0 Å². The van der Waals surface area contributed by atoms with Crippen LogP contribution in [-0.2, 0) is 9.53 Å². The normalized spacial score (nSPS) is 30.1. The number of piperidine rings is 1. The third-order valence-electron chi connectivity index (χ3n) is 4.36. The highest BCUT2D eigenvalue weighted by Crippen LogP contribution is 2.34. The predicted molar refractivity (Wildman–Crippen MR) is 73.5 cm³/mol. The molecule has 20 heavy (non-hydrogen) atoms. The van der Waals surface area contributed by atoms with E-state index in [0.29, 0.717) is 39.0 Å². The highest BCUT2D eigenvalue weighted by molar-refractivity contribution is 5.83. The molecule has 0 spiro atoms. The Morgan fingerprint density at radius 1 is 1.10 bits per heavy atom. The van der Waals surface area contributed by atoms with Crippen molar-refractivity contribution >= 4 is 12.0 Å². The van der Waals surface area contributed by atoms with Gasteiger partial charge in [0.15, 0.2) is 0 Å². The molecule has 2 aliphatic rings. The average Bonchev–Trinajstić information content (AvgIpc) is 2.37. The number of carbonyl (C=O) groups is 2. The molecule has 0 aliphatic carbocycles. The zero-order valence-corrected chi connectivity index (χ0v) is 12.5. The van der Waals surface area contributed by atoms with Crippen LogP contribution in [0, 0.1) is 5.41 Å². The van der Waals surface area contributed by atoms with Crippen molar-refractivity contribution in [2.75, 3.05) is 26.2 Å². The quantitative estimate of drug-likeness (QED) is 0.790. The zero-order valence-electron chi connectivity index (χ0n) is 12.5. The van der Waals surface area contributed by atoms with E-state index in [9.17, 15) is 9.59 Å². The first kappa shape index (κ1) is 15.1. The summed E-state index contributed by atoms with van der Waals surface area (Å²) in [4.78, 5) is 27.0. The second kappa shape index (κ2) is 5.60. The molecule has 6 heteroatoms. The lowest BCUT2D eigenvalue weighted by Gasteiger charge is -2.43. The van der Waals surface area contributed by atoms with Crippen LogP contribution in [0.5, 0.6) is 0 Å². The minimum Gasteiger partial charge on any atom is -0.465 e. The molecule has 2 atom stereocenters. The number of ether oxygens (including phenoxy) is 1. The van der Waals surface area contributed by atoms with E-state index in [0.717, 1.165) is 0 Å². The average molecular weight is 284 g/mol. The van der Waals surface area contributed by atoms with E-state index >= 15 is 0 Å². The number of carbonyl (C=O) groups excluding carboxylic acids is 1. The van der Waals surface area contributed by atoms with Gasteiger partial charge < -0.3 is 19.6 Å². The topological polar surface area (TPSA) is 70.1 Å². The molecular formula is C14H24N2O4. The molecule has 0 bridgehead atoms. The maximum atomic E-state index is 12.7. The van der Waals surface area contributed by atoms with Crippen LogP contribution in [0.4, 0.5) is 4.79 Å². The summed E-state index contributed by atoms with van der Waals surface area (Å²) in [6, 6.07) is 0. The molecule has 0 unspecified atom stereocenters. The fourth-order valence-corrected chi connectivity index (χ4v) is 3.13. The molecule has 114 valence electrons. The maximum absolute atomic E-state index is 12.7. The van der Waals surface area contributed by atoms with Gasteiger partial charge in [-0.05, 0) is 26.7 Å². The number of rotatable bonds is 1. The highest BCUT2D eigenvalue weighted by Gasteiger charge is 2.42. The number of hydrogen-bond donors (Lipinski definition) is 1. The molecule has 2 aliphatic heterocycles. The van der Waals surface area contributed by atoms with Crippen LogP contribution in [-0.4, -0.2) is 65.3 Å². The van der Waals surface area contributed by atoms with Gasteiger partial charge in [0.2, 0.25) is 5.91 Å². The van der Waals surface area contributed by atoms with E-state index in [2.05, 4.69) is 0 Å². The molecule has 0 aromatic carbocycles. The van der Waals surface area contributed by atoms with Crippen LogP contribution < -0.4 is 0 Å². The summed E-state index contributed by atoms with van der Waals surface area (Å²) in [5.41, 5.74) is -0.442. The van der Waals surface area contributed by atoms with Gasteiger partial charge in [-0.3, -0.25) is 4.79 Å². The number of hydrogen-bond acceptors (Lipinski definition) is 3. The lowest BCUT2D eigenvalue weighted by molar-refractivity contribution is -0.155. The molecule has 2 saturated heterocycles. The van der Waals surface area contributed by atoms with Crippen molar-refractivity contribution in [2.24, 2.45) is 5.41 Å². The molecule has 0 aromatic heterocycles. The van der Waals surface area contributed by atoms with Gasteiger partial charge in [-0.2, -0.15) is 0 Å². The summed E-state index contributed by atoms with van der Waals surface area (Å²) in [7, 11) is 0. The SMILES string of the molecule is C[C@@H]1CN(C(=O)C2(C)CCN(C(=O)O)CC2)C[C@H](C)O1. The third kappa shape index (κ3) is 3.06. The molecule has 0 radical (unpaired) electrons. The van der Waals surface area contributed by atoms with Crippen LogP contribution in [0.1, 0.15) is 33.6 Å². The van der Waals surface area contributed by atoms with Gasteiger partial charge in [0, 0.05) is 31.6 Å². The van der Waals surface area contributed by atoms with Crippen molar-refractivity contribution in [1.29, 1.82) is 0 Å². The Morgan fingerprint density at radius 3 is 2.05 bits per heavy atom. The Hall–Kier alpha value is -1.30. The first-order valence-electron chi connectivity index (χ1n) is 7.24. The first-order chi connectivity index (χ1) is 9.32. The number of nitrogens with zero attached hydrogens (tertiary/aromatic N) is 2. The molecular weight excluding hydrogens is 260 g/mol. The Labute approximate surface area is 119 Å². The number of morpholine rings is 1. The first-order valence-corrected chi connectivity index (χ1v) is 7.24. The number of likely N-dealkylation sites (tertiary alicyclic amines) is 1. The highest BCUT2D eigenvalue weighted by atomic mass is 16.5. The predicted octanol–water partition coefficient (Wildman–Crippen LogP) is 1.40. The van der Waals surface area contributed by atoms with Gasteiger partial charge >= 0.3 is 6.09 Å². The van der Waals surface area contributed by atoms with Crippen LogP contribution in [0.2, 0.25) is 0 Å². The van der Waals surface area contributed by atoms with Crippen molar-refractivity contribution in [3.05, 3.63) is 0 Å². The Bertz CT molecular complexity index is 381. The maximum Gasteiger partial charge on any atom is 0.407 e. The van der Waals surface area contributed by atoms with E-state index in [4.69, 9.17) is 9.84 Å². The Kier molecular flexibility index (Phi) is 4.22. The molecule has 2 amide bonds. The third-order valence-corrected chi connectivity index (χ3v) is 4.36. The van der Waals surface area contributed by atoms with Crippen molar-refractivity contribution in [1.82, 2.24) is 9.80 Å². The van der Waals surface area contributed by atoms with E-state index in [1.54, 1.807) is 0 Å². The molecule has 2 heterocycles. The second-order valence-electron chi connectivity index (χ2n) is 6.30. The standard InChI is InChI=1S/C14H24N2O4/c1-10-8-16(9-11(2)20-10)12(17)14(3)4-6-15(7-5-14)13(18)19/h10-11H,4-9H2,1-3H3,(H,18,19)/t10-,11+. The molecule has 0 saturated carbocycles. The largest absolute Gasteiger partial charge is 0.465 e. The monoisotopic (exact) mass is 284 g/mol. The van der Waals surface area contributed by atoms with E-state index in [1.165, 1.54) is 4.90 Å². The lowest BCUT2D eigenvalue weighted by atomic mass is 9.79. The smallest absolute Gasteiger partial charge is 0.407 e. The number of amides is 2. The number of carboxylic acid groups (broad SMARTS) is 1. The summed E-state index contributed by atoms with van der Waals surface area (Å²) < 4.78 is 5.66. The van der Waals surface area contributed by atoms with Gasteiger partial charge in [-0.15, -0.1) is 0 Å². The van der Waals surface area contributed by atoms with E-state index < -0.39 is 11.5 Å². The molecule has 6 nitrogen and oxygen atoms in total. The second-order valence-corrected chi connectivity index (χ2v) is 6.30. The minimum atomic E-state index is -0.895. The Balaban J connectivity index is 2.00. The fraction of sp³-hybridized carbons (Fsp3) is 0.857. The Morgan fingerprint density at radius 2 is 1.60 bits per heavy atom. The van der Waals surface area contributed by atoms with Crippen LogP contribution >= 0.6 is 0 Å². The van der Waals surface area contributed by atoms with Crippen molar-refractivity contribution in [3.63, 3.8) is 0 Å². The van der Waals surface area contributed by atoms with Crippen molar-refractivity contribution in [2.45, 2.75) is 45.8 Å². The van der Waals surface area contributed by atoms with E-state index in [1.807, 2.05) is 25.7 Å².